The van der Waals surface area contributed by atoms with Gasteiger partial charge >= 0.3 is 0 Å². The molecule has 1 amide bonds. The number of likely N-dealkylation sites (N-methyl/N-ethyl adjacent to an activating group) is 1. The highest BCUT2D eigenvalue weighted by molar-refractivity contribution is 9.10. The number of sulfonamides is 1. The highest BCUT2D eigenvalue weighted by Gasteiger charge is 2.32. The molecule has 1 heterocycles. The predicted octanol–water partition coefficient (Wildman–Crippen LogP) is 1.61. The lowest BCUT2D eigenvalue weighted by Crippen LogP contribution is -2.40. The second kappa shape index (κ2) is 5.40. The first-order valence-electron chi connectivity index (χ1n) is 5.53. The van der Waals surface area contributed by atoms with E-state index in [4.69, 9.17) is 11.6 Å². The van der Waals surface area contributed by atoms with Gasteiger partial charge in [0.25, 0.3) is 0 Å². The number of nitrogens with zero attached hydrogens (tertiary/aromatic N) is 1. The van der Waals surface area contributed by atoms with Crippen molar-refractivity contribution >= 4 is 43.5 Å². The number of hydrogen-bond acceptors (Lipinski definition) is 3. The zero-order chi connectivity index (χ0) is 14.2. The van der Waals surface area contributed by atoms with E-state index in [1.807, 2.05) is 0 Å². The molecule has 1 unspecified atom stereocenters. The fourth-order valence-corrected chi connectivity index (χ4v) is 3.73. The molecule has 1 aliphatic heterocycles. The van der Waals surface area contributed by atoms with Crippen molar-refractivity contribution in [1.29, 1.82) is 0 Å². The van der Waals surface area contributed by atoms with Gasteiger partial charge in [0.05, 0.1) is 9.92 Å². The van der Waals surface area contributed by atoms with Gasteiger partial charge in [-0.2, -0.15) is 4.72 Å². The molecule has 1 atom stereocenters. The summed E-state index contributed by atoms with van der Waals surface area (Å²) >= 11 is 8.99. The molecule has 0 aliphatic carbocycles. The largest absolute Gasteiger partial charge is 0.344 e. The van der Waals surface area contributed by atoms with Crippen molar-refractivity contribution in [2.24, 2.45) is 0 Å². The topological polar surface area (TPSA) is 66.5 Å². The van der Waals surface area contributed by atoms with Crippen LogP contribution in [0.4, 0.5) is 0 Å². The van der Waals surface area contributed by atoms with Crippen LogP contribution in [0.3, 0.4) is 0 Å². The zero-order valence-electron chi connectivity index (χ0n) is 10.1. The minimum atomic E-state index is -3.73. The smallest absolute Gasteiger partial charge is 0.241 e. The van der Waals surface area contributed by atoms with E-state index in [9.17, 15) is 13.2 Å². The molecule has 1 N–H and O–H groups in total. The lowest BCUT2D eigenvalue weighted by molar-refractivity contribution is -0.127. The van der Waals surface area contributed by atoms with Crippen LogP contribution < -0.4 is 4.72 Å². The minimum Gasteiger partial charge on any atom is -0.344 e. The molecule has 1 fully saturated rings. The highest BCUT2D eigenvalue weighted by Crippen LogP contribution is 2.25. The van der Waals surface area contributed by atoms with Gasteiger partial charge in [-0.05, 0) is 40.5 Å². The van der Waals surface area contributed by atoms with Crippen LogP contribution >= 0.6 is 27.5 Å². The second-order valence-corrected chi connectivity index (χ2v) is 7.27. The number of hydrogen-bond donors (Lipinski definition) is 1. The zero-order valence-corrected chi connectivity index (χ0v) is 13.2. The molecule has 1 aromatic carbocycles. The van der Waals surface area contributed by atoms with E-state index >= 15 is 0 Å². The Morgan fingerprint density at radius 2 is 2.16 bits per heavy atom. The van der Waals surface area contributed by atoms with Crippen LogP contribution in [0.25, 0.3) is 0 Å². The summed E-state index contributed by atoms with van der Waals surface area (Å²) in [6, 6.07) is 3.61. The molecule has 1 aliphatic rings. The van der Waals surface area contributed by atoms with Crippen molar-refractivity contribution in [3.8, 4) is 0 Å². The third-order valence-electron chi connectivity index (χ3n) is 2.93. The van der Waals surface area contributed by atoms with Crippen LogP contribution in [0.2, 0.25) is 5.02 Å². The van der Waals surface area contributed by atoms with Crippen molar-refractivity contribution in [1.82, 2.24) is 9.62 Å². The minimum absolute atomic E-state index is 0.0751. The third-order valence-corrected chi connectivity index (χ3v) is 5.61. The van der Waals surface area contributed by atoms with Crippen LogP contribution in [0.5, 0.6) is 0 Å². The standard InChI is InChI=1S/C11H12BrClN2O3S/c1-15-5-4-10(11(15)16)14-19(17,18)7-2-3-9(13)8(12)6-7/h2-3,6,10,14H,4-5H2,1H3. The maximum Gasteiger partial charge on any atom is 0.241 e. The Morgan fingerprint density at radius 1 is 1.47 bits per heavy atom. The van der Waals surface area contributed by atoms with Crippen LogP contribution in [-0.4, -0.2) is 38.9 Å². The molecule has 5 nitrogen and oxygen atoms in total. The Balaban J connectivity index is 2.23. The average Bonchev–Trinajstić information content (AvgIpc) is 2.64. The normalized spacial score (nSPS) is 20.1. The van der Waals surface area contributed by atoms with E-state index in [-0.39, 0.29) is 10.8 Å². The number of nitrogens with one attached hydrogen (secondary N) is 1. The monoisotopic (exact) mass is 366 g/mol. The number of carbonyl (C=O) groups excluding carboxylic acids is 1. The summed E-state index contributed by atoms with van der Waals surface area (Å²) in [5.74, 6) is -0.211. The molecule has 1 aromatic rings. The highest BCUT2D eigenvalue weighted by atomic mass is 79.9. The molecule has 0 saturated carbocycles. The third kappa shape index (κ3) is 3.10. The average molecular weight is 368 g/mol. The molecule has 0 radical (unpaired) electrons. The van der Waals surface area contributed by atoms with Crippen LogP contribution in [0, 0.1) is 0 Å². The summed E-state index contributed by atoms with van der Waals surface area (Å²) < 4.78 is 27.2. The first-order chi connectivity index (χ1) is 8.81. The lowest BCUT2D eigenvalue weighted by Gasteiger charge is -2.13. The van der Waals surface area contributed by atoms with E-state index in [1.54, 1.807) is 7.05 Å². The van der Waals surface area contributed by atoms with Gasteiger partial charge in [0.1, 0.15) is 6.04 Å². The Morgan fingerprint density at radius 3 is 2.68 bits per heavy atom. The number of rotatable bonds is 3. The number of likely N-dealkylation sites (tertiary alicyclic amines) is 1. The van der Waals surface area contributed by atoms with Gasteiger partial charge in [-0.25, -0.2) is 8.42 Å². The fourth-order valence-electron chi connectivity index (χ4n) is 1.83. The summed E-state index contributed by atoms with van der Waals surface area (Å²) in [6.45, 7) is 0.552. The molecule has 1 saturated heterocycles. The van der Waals surface area contributed by atoms with Gasteiger partial charge in [-0.15, -0.1) is 0 Å². The lowest BCUT2D eigenvalue weighted by atomic mass is 10.3. The first-order valence-corrected chi connectivity index (χ1v) is 8.19. The van der Waals surface area contributed by atoms with E-state index < -0.39 is 16.1 Å². The maximum atomic E-state index is 12.2. The van der Waals surface area contributed by atoms with E-state index in [2.05, 4.69) is 20.7 Å². The Kier molecular flexibility index (Phi) is 4.20. The van der Waals surface area contributed by atoms with E-state index in [1.165, 1.54) is 23.1 Å². The SMILES string of the molecule is CN1CCC(NS(=O)(=O)c2ccc(Cl)c(Br)c2)C1=O. The van der Waals surface area contributed by atoms with Crippen molar-refractivity contribution < 1.29 is 13.2 Å². The number of carbonyl (C=O) groups is 1. The van der Waals surface area contributed by atoms with Crippen molar-refractivity contribution in [2.45, 2.75) is 17.4 Å². The molecule has 0 bridgehead atoms. The molecular weight excluding hydrogens is 356 g/mol. The van der Waals surface area contributed by atoms with Gasteiger partial charge in [-0.3, -0.25) is 4.79 Å². The Bertz CT molecular complexity index is 620. The van der Waals surface area contributed by atoms with Crippen LogP contribution in [0.15, 0.2) is 27.6 Å². The predicted molar refractivity (Wildman–Crippen MR) is 75.5 cm³/mol. The molecule has 8 heteroatoms. The Hall–Kier alpha value is -0.630. The van der Waals surface area contributed by atoms with Crippen molar-refractivity contribution in [3.05, 3.63) is 27.7 Å². The summed E-state index contributed by atoms with van der Waals surface area (Å²) in [6.07, 6.45) is 0.476. The molecule has 0 aromatic heterocycles. The van der Waals surface area contributed by atoms with Gasteiger partial charge in [-0.1, -0.05) is 11.6 Å². The van der Waals surface area contributed by atoms with E-state index in [0.29, 0.717) is 22.5 Å². The summed E-state index contributed by atoms with van der Waals surface area (Å²) in [5.41, 5.74) is 0. The Labute approximate surface area is 125 Å². The molecular formula is C11H12BrClN2O3S. The molecule has 104 valence electrons. The van der Waals surface area contributed by atoms with Gasteiger partial charge in [0, 0.05) is 18.1 Å². The molecule has 2 rings (SSSR count). The first kappa shape index (κ1) is 14.8. The van der Waals surface area contributed by atoms with Gasteiger partial charge < -0.3 is 4.90 Å². The summed E-state index contributed by atoms with van der Waals surface area (Å²) in [7, 11) is -2.08. The molecule has 19 heavy (non-hydrogen) atoms. The number of halogens is 2. The second-order valence-electron chi connectivity index (χ2n) is 4.30. The van der Waals surface area contributed by atoms with Crippen molar-refractivity contribution in [3.63, 3.8) is 0 Å². The van der Waals surface area contributed by atoms with Crippen molar-refractivity contribution in [2.75, 3.05) is 13.6 Å². The van der Waals surface area contributed by atoms with E-state index in [0.717, 1.165) is 0 Å². The molecule has 0 spiro atoms. The number of benzene rings is 1. The fraction of sp³-hybridized carbons (Fsp3) is 0.364. The number of amides is 1. The summed E-state index contributed by atoms with van der Waals surface area (Å²) in [4.78, 5) is 13.3. The quantitative estimate of drug-likeness (QED) is 0.882. The van der Waals surface area contributed by atoms with Crippen LogP contribution in [0.1, 0.15) is 6.42 Å². The van der Waals surface area contributed by atoms with Gasteiger partial charge in [0.2, 0.25) is 15.9 Å². The summed E-state index contributed by atoms with van der Waals surface area (Å²) in [5, 5.41) is 0.427. The maximum absolute atomic E-state index is 12.2. The van der Waals surface area contributed by atoms with Crippen LogP contribution in [-0.2, 0) is 14.8 Å². The van der Waals surface area contributed by atoms with Gasteiger partial charge in [0.15, 0.2) is 0 Å².